The molecule has 7 nitrogen and oxygen atoms in total. The summed E-state index contributed by atoms with van der Waals surface area (Å²) in [6.45, 7) is 1.99. The molecule has 1 aliphatic rings. The highest BCUT2D eigenvalue weighted by Gasteiger charge is 2.29. The van der Waals surface area contributed by atoms with Crippen molar-refractivity contribution in [3.05, 3.63) is 113 Å². The van der Waals surface area contributed by atoms with E-state index in [9.17, 15) is 9.59 Å². The number of carbonyl (C=O) groups excluding carboxylic acids is 2. The minimum atomic E-state index is -0.358. The number of aromatic nitrogens is 3. The van der Waals surface area contributed by atoms with Gasteiger partial charge in [-0.1, -0.05) is 42.5 Å². The maximum absolute atomic E-state index is 13.3. The van der Waals surface area contributed by atoms with Crippen LogP contribution in [0.25, 0.3) is 5.69 Å². The first-order chi connectivity index (χ1) is 16.5. The van der Waals surface area contributed by atoms with Gasteiger partial charge in [0.25, 0.3) is 5.91 Å². The van der Waals surface area contributed by atoms with E-state index >= 15 is 0 Å². The molecule has 2 heterocycles. The number of benzene rings is 3. The minimum Gasteiger partial charge on any atom is -0.454 e. The molecule has 5 rings (SSSR count). The molecule has 170 valence electrons. The number of amides is 1. The molecule has 0 fully saturated rings. The summed E-state index contributed by atoms with van der Waals surface area (Å²) in [7, 11) is 1.79. The largest absolute Gasteiger partial charge is 0.454 e. The van der Waals surface area contributed by atoms with E-state index in [-0.39, 0.29) is 24.0 Å². The molecule has 0 unspecified atom stereocenters. The highest BCUT2D eigenvalue weighted by atomic mass is 16.5. The molecular formula is C27H24N4O3. The van der Waals surface area contributed by atoms with Crippen LogP contribution in [-0.4, -0.2) is 38.6 Å². The third-order valence-electron chi connectivity index (χ3n) is 6.36. The Bertz CT molecular complexity index is 1320. The Hall–Kier alpha value is -4.26. The summed E-state index contributed by atoms with van der Waals surface area (Å²) in [5, 5.41) is 4.14. The average molecular weight is 453 g/mol. The van der Waals surface area contributed by atoms with E-state index < -0.39 is 0 Å². The second-order valence-corrected chi connectivity index (χ2v) is 8.40. The van der Waals surface area contributed by atoms with Gasteiger partial charge in [0.05, 0.1) is 17.3 Å². The van der Waals surface area contributed by atoms with Gasteiger partial charge in [0.1, 0.15) is 18.8 Å². The van der Waals surface area contributed by atoms with Gasteiger partial charge in [0.15, 0.2) is 0 Å². The first-order valence-electron chi connectivity index (χ1n) is 11.1. The van der Waals surface area contributed by atoms with Gasteiger partial charge in [-0.25, -0.2) is 14.5 Å². The zero-order valence-corrected chi connectivity index (χ0v) is 19.0. The number of nitrogens with zero attached hydrogens (tertiary/aromatic N) is 4. The zero-order chi connectivity index (χ0) is 23.7. The van der Waals surface area contributed by atoms with E-state index in [1.165, 1.54) is 6.33 Å². The number of carbonyl (C=O) groups is 2. The third kappa shape index (κ3) is 4.08. The highest BCUT2D eigenvalue weighted by Crippen LogP contribution is 2.31. The van der Waals surface area contributed by atoms with Crippen molar-refractivity contribution in [1.29, 1.82) is 0 Å². The number of ether oxygens (including phenoxy) is 1. The van der Waals surface area contributed by atoms with Crippen molar-refractivity contribution in [3.63, 3.8) is 0 Å². The molecule has 3 aromatic carbocycles. The van der Waals surface area contributed by atoms with Crippen LogP contribution in [0.15, 0.2) is 85.5 Å². The highest BCUT2D eigenvalue weighted by molar-refractivity contribution is 5.98. The Kier molecular flexibility index (Phi) is 5.67. The fourth-order valence-corrected chi connectivity index (χ4v) is 4.23. The van der Waals surface area contributed by atoms with Crippen LogP contribution in [0.4, 0.5) is 0 Å². The Morgan fingerprint density at radius 2 is 1.85 bits per heavy atom. The summed E-state index contributed by atoms with van der Waals surface area (Å²) in [6.07, 6.45) is 3.31. The summed E-state index contributed by atoms with van der Waals surface area (Å²) in [5.74, 6) is -0.464. The maximum Gasteiger partial charge on any atom is 0.339 e. The minimum absolute atomic E-state index is 0.106. The molecule has 0 N–H and O–H groups in total. The topological polar surface area (TPSA) is 77.3 Å². The number of fused-ring (bicyclic) bond motifs is 1. The lowest BCUT2D eigenvalue weighted by Crippen LogP contribution is -2.30. The van der Waals surface area contributed by atoms with Crippen molar-refractivity contribution in [2.24, 2.45) is 0 Å². The maximum atomic E-state index is 13.3. The Morgan fingerprint density at radius 3 is 2.56 bits per heavy atom. The van der Waals surface area contributed by atoms with Crippen molar-refractivity contribution in [2.75, 3.05) is 7.05 Å². The van der Waals surface area contributed by atoms with E-state index in [4.69, 9.17) is 4.74 Å². The van der Waals surface area contributed by atoms with Crippen molar-refractivity contribution in [2.45, 2.75) is 25.5 Å². The molecule has 0 saturated heterocycles. The van der Waals surface area contributed by atoms with Gasteiger partial charge in [0.2, 0.25) is 0 Å². The van der Waals surface area contributed by atoms with Gasteiger partial charge in [-0.3, -0.25) is 4.79 Å². The number of hydrogen-bond donors (Lipinski definition) is 0. The summed E-state index contributed by atoms with van der Waals surface area (Å²) < 4.78 is 7.32. The smallest absolute Gasteiger partial charge is 0.339 e. The van der Waals surface area contributed by atoms with Gasteiger partial charge in [-0.05, 0) is 53.9 Å². The van der Waals surface area contributed by atoms with Crippen molar-refractivity contribution < 1.29 is 14.3 Å². The standard InChI is InChI=1S/C27H24N4O3/c1-18(19-8-11-23(12-9-19)31-17-28-16-29-31)30(2)26(32)21-10-13-24-22(14-21)15-25(34-27(24)33)20-6-4-3-5-7-20/h3-14,16-18,25H,15H2,1-2H3/t18-,25-/m0/s1. The van der Waals surface area contributed by atoms with Crippen LogP contribution < -0.4 is 0 Å². The molecule has 7 heteroatoms. The molecule has 0 bridgehead atoms. The van der Waals surface area contributed by atoms with Crippen LogP contribution in [-0.2, 0) is 11.2 Å². The van der Waals surface area contributed by atoms with Crippen molar-refractivity contribution in [1.82, 2.24) is 19.7 Å². The number of cyclic esters (lactones) is 1. The van der Waals surface area contributed by atoms with Gasteiger partial charge in [-0.2, -0.15) is 5.10 Å². The van der Waals surface area contributed by atoms with Crippen molar-refractivity contribution in [3.8, 4) is 5.69 Å². The molecular weight excluding hydrogens is 428 g/mol. The predicted octanol–water partition coefficient (Wildman–Crippen LogP) is 4.55. The molecule has 1 aromatic heterocycles. The van der Waals surface area contributed by atoms with E-state index in [2.05, 4.69) is 10.1 Å². The molecule has 34 heavy (non-hydrogen) atoms. The summed E-state index contributed by atoms with van der Waals surface area (Å²) >= 11 is 0. The van der Waals surface area contributed by atoms with Crippen LogP contribution in [0.1, 0.15) is 56.5 Å². The summed E-state index contributed by atoms with van der Waals surface area (Å²) in [4.78, 5) is 31.6. The molecule has 1 aliphatic heterocycles. The molecule has 2 atom stereocenters. The predicted molar refractivity (Wildman–Crippen MR) is 127 cm³/mol. The van der Waals surface area contributed by atoms with Gasteiger partial charge in [-0.15, -0.1) is 0 Å². The fraction of sp³-hybridized carbons (Fsp3) is 0.185. The number of hydrogen-bond acceptors (Lipinski definition) is 5. The lowest BCUT2D eigenvalue weighted by Gasteiger charge is -2.28. The quantitative estimate of drug-likeness (QED) is 0.415. The zero-order valence-electron chi connectivity index (χ0n) is 19.0. The second-order valence-electron chi connectivity index (χ2n) is 8.40. The van der Waals surface area contributed by atoms with Gasteiger partial charge >= 0.3 is 5.97 Å². The molecule has 1 amide bonds. The number of esters is 1. The fourth-order valence-electron chi connectivity index (χ4n) is 4.23. The Labute approximate surface area is 197 Å². The normalized spacial score (nSPS) is 15.8. The summed E-state index contributed by atoms with van der Waals surface area (Å²) in [5.41, 5.74) is 4.74. The lowest BCUT2D eigenvalue weighted by atomic mass is 9.93. The first-order valence-corrected chi connectivity index (χ1v) is 11.1. The van der Waals surface area contributed by atoms with Crippen LogP contribution in [0.3, 0.4) is 0 Å². The third-order valence-corrected chi connectivity index (χ3v) is 6.36. The Balaban J connectivity index is 1.35. The monoisotopic (exact) mass is 452 g/mol. The van der Waals surface area contributed by atoms with Crippen LogP contribution in [0.5, 0.6) is 0 Å². The SMILES string of the molecule is C[C@@H](c1ccc(-n2cncn2)cc1)N(C)C(=O)c1ccc2c(c1)C[C@@H](c1ccccc1)OC2=O. The van der Waals surface area contributed by atoms with Crippen LogP contribution >= 0.6 is 0 Å². The molecule has 4 aromatic rings. The average Bonchev–Trinajstić information content (AvgIpc) is 3.43. The first kappa shape index (κ1) is 21.6. The van der Waals surface area contributed by atoms with E-state index in [1.807, 2.05) is 67.6 Å². The molecule has 0 radical (unpaired) electrons. The van der Waals surface area contributed by atoms with Gasteiger partial charge < -0.3 is 9.64 Å². The molecule has 0 saturated carbocycles. The van der Waals surface area contributed by atoms with Crippen LogP contribution in [0.2, 0.25) is 0 Å². The van der Waals surface area contributed by atoms with Crippen LogP contribution in [0, 0.1) is 0 Å². The van der Waals surface area contributed by atoms with E-state index in [0.717, 1.165) is 22.4 Å². The molecule has 0 spiro atoms. The summed E-state index contributed by atoms with van der Waals surface area (Å²) in [6, 6.07) is 22.6. The van der Waals surface area contributed by atoms with Crippen molar-refractivity contribution >= 4 is 11.9 Å². The number of rotatable bonds is 5. The lowest BCUT2D eigenvalue weighted by molar-refractivity contribution is 0.0252. The Morgan fingerprint density at radius 1 is 1.09 bits per heavy atom. The van der Waals surface area contributed by atoms with E-state index in [1.54, 1.807) is 35.1 Å². The molecule has 0 aliphatic carbocycles. The second kappa shape index (κ2) is 8.94. The van der Waals surface area contributed by atoms with Gasteiger partial charge in [0, 0.05) is 19.0 Å². The van der Waals surface area contributed by atoms with E-state index in [0.29, 0.717) is 17.5 Å².